The van der Waals surface area contributed by atoms with Crippen molar-refractivity contribution >= 4 is 107 Å². The van der Waals surface area contributed by atoms with Crippen molar-refractivity contribution < 1.29 is 44.3 Å². The van der Waals surface area contributed by atoms with Gasteiger partial charge in [0.1, 0.15) is 11.5 Å². The summed E-state index contributed by atoms with van der Waals surface area (Å²) in [6.45, 7) is 4.83. The Morgan fingerprint density at radius 3 is 2.19 bits per heavy atom. The maximum Gasteiger partial charge on any atom is 0.501 e. The lowest BCUT2D eigenvalue weighted by Crippen LogP contribution is -2.49. The van der Waals surface area contributed by atoms with Crippen molar-refractivity contribution in [2.45, 2.75) is 87.1 Å². The fourth-order valence-electron chi connectivity index (χ4n) is 10.5. The molecule has 2 aliphatic carbocycles. The molecule has 13 nitrogen and oxygen atoms in total. The Morgan fingerprint density at radius 2 is 1.55 bits per heavy atom. The smallest absolute Gasteiger partial charge is 0.445 e. The van der Waals surface area contributed by atoms with Crippen molar-refractivity contribution in [3.05, 3.63) is 119 Å². The maximum absolute atomic E-state index is 14.4. The first-order chi connectivity index (χ1) is 35.0. The molecule has 398 valence electrons. The first-order valence-corrected chi connectivity index (χ1v) is 29.8. The van der Waals surface area contributed by atoms with E-state index in [9.17, 15) is 39.6 Å². The van der Waals surface area contributed by atoms with Crippen LogP contribution < -0.4 is 14.9 Å². The molecule has 0 radical (unpaired) electrons. The van der Waals surface area contributed by atoms with Gasteiger partial charge in [-0.05, 0) is 128 Å². The van der Waals surface area contributed by atoms with Gasteiger partial charge in [0.2, 0.25) is 3.79 Å². The van der Waals surface area contributed by atoms with Crippen LogP contribution in [0.4, 0.5) is 29.3 Å². The zero-order chi connectivity index (χ0) is 52.6. The average Bonchev–Trinajstić information content (AvgIpc) is 3.79. The second-order valence-corrected chi connectivity index (χ2v) is 27.4. The molecule has 4 fully saturated rings. The average molecular weight is 1160 g/mol. The number of ether oxygens (including phenoxy) is 1. The molecule has 4 aromatic rings. The van der Waals surface area contributed by atoms with Crippen molar-refractivity contribution in [3.8, 4) is 0 Å². The minimum Gasteiger partial charge on any atom is -0.445 e. The van der Waals surface area contributed by atoms with Gasteiger partial charge >= 0.3 is 11.6 Å². The number of thioether (sulfide) groups is 1. The number of allylic oxidation sites excluding steroid dienone is 1. The van der Waals surface area contributed by atoms with E-state index in [2.05, 4.69) is 32.1 Å². The number of anilines is 2. The van der Waals surface area contributed by atoms with Crippen molar-refractivity contribution in [3.63, 3.8) is 0 Å². The number of likely N-dealkylation sites (tertiary alicyclic amines) is 2. The monoisotopic (exact) mass is 1160 g/mol. The summed E-state index contributed by atoms with van der Waals surface area (Å²) in [6, 6.07) is 25.2. The van der Waals surface area contributed by atoms with Crippen LogP contribution in [-0.2, 0) is 24.6 Å². The van der Waals surface area contributed by atoms with Crippen LogP contribution in [0.15, 0.2) is 117 Å². The van der Waals surface area contributed by atoms with Crippen LogP contribution in [0.25, 0.3) is 5.57 Å². The van der Waals surface area contributed by atoms with Gasteiger partial charge in [-0.1, -0.05) is 82.3 Å². The number of sulfonamides is 1. The van der Waals surface area contributed by atoms with Gasteiger partial charge < -0.3 is 19.9 Å². The Balaban J connectivity index is 0.849. The minimum absolute atomic E-state index is 0.0250. The summed E-state index contributed by atoms with van der Waals surface area (Å²) >= 11 is 24.9. The molecule has 3 atom stereocenters. The molecule has 1 saturated carbocycles. The summed E-state index contributed by atoms with van der Waals surface area (Å²) in [5, 5.41) is 3.71. The summed E-state index contributed by atoms with van der Waals surface area (Å²) in [6.07, 6.45) is 6.32. The molecule has 3 aliphatic heterocycles. The predicted molar refractivity (Wildman–Crippen MR) is 285 cm³/mol. The van der Waals surface area contributed by atoms with Gasteiger partial charge in [0.15, 0.2) is 0 Å². The largest absolute Gasteiger partial charge is 0.501 e. The van der Waals surface area contributed by atoms with E-state index in [4.69, 9.17) is 51.1 Å². The van der Waals surface area contributed by atoms with E-state index in [-0.39, 0.29) is 23.4 Å². The Kier molecular flexibility index (Phi) is 16.5. The molecule has 0 aromatic heterocycles. The predicted octanol–water partition coefficient (Wildman–Crippen LogP) is 10.5. The summed E-state index contributed by atoms with van der Waals surface area (Å²) in [5.41, 5.74) is -0.849. The number of rotatable bonds is 17. The number of nitrogens with zero attached hydrogens (tertiary/aromatic N) is 4. The molecule has 3 heterocycles. The van der Waals surface area contributed by atoms with Gasteiger partial charge in [0, 0.05) is 97.4 Å². The quantitative estimate of drug-likeness (QED) is 0.0766. The number of amides is 2. The standard InChI is InChI=1S/C51H55Cl4F3N6O7S3/c52-37-10-6-34(7-11-37)44-16-18-49(19-20-49)28-36(44)29-61-22-24-62(25-23-61)39-12-8-35(9-13-39)47(65)60-74(69,70)43-14-15-45(46(27-43)73(67,68)51(56,57)58)59-38(32-72-42-4-2-1-3-5-42)17-21-63-30-41-26-40(63)31-64(41)48(66)71-33-50(53,54)55/h1-15,27,38,40-41,59H,16-26,28-33H2,(H,60,65)/t38-,40-,41-/m1/s1. The molecule has 74 heavy (non-hydrogen) atoms. The highest BCUT2D eigenvalue weighted by Crippen LogP contribution is 2.58. The summed E-state index contributed by atoms with van der Waals surface area (Å²) in [4.78, 5) is 33.3. The Hall–Kier alpha value is -3.92. The van der Waals surface area contributed by atoms with Crippen LogP contribution in [0, 0.1) is 5.41 Å². The molecule has 3 saturated heterocycles. The zero-order valence-corrected chi connectivity index (χ0v) is 45.5. The molecule has 0 unspecified atom stereocenters. The third kappa shape index (κ3) is 13.1. The highest BCUT2D eigenvalue weighted by molar-refractivity contribution is 7.99. The fraction of sp³-hybridized carbons (Fsp3) is 0.451. The summed E-state index contributed by atoms with van der Waals surface area (Å²) < 4.78 is 102. The van der Waals surface area contributed by atoms with Crippen LogP contribution in [0.2, 0.25) is 5.02 Å². The van der Waals surface area contributed by atoms with Gasteiger partial charge in [0.05, 0.1) is 10.6 Å². The van der Waals surface area contributed by atoms with Gasteiger partial charge in [-0.25, -0.2) is 26.4 Å². The number of carbonyl (C=O) groups excluding carboxylic acids is 2. The topological polar surface area (TPSA) is 149 Å². The number of hydrogen-bond donors (Lipinski definition) is 2. The number of piperazine rings is 2. The molecule has 1 spiro atoms. The molecule has 23 heteroatoms. The van der Waals surface area contributed by atoms with Crippen molar-refractivity contribution in [2.24, 2.45) is 5.41 Å². The lowest BCUT2D eigenvalue weighted by atomic mass is 9.79. The second kappa shape index (κ2) is 22.2. The summed E-state index contributed by atoms with van der Waals surface area (Å²) in [7, 11) is -11.0. The zero-order valence-electron chi connectivity index (χ0n) is 40.0. The Labute approximate surface area is 454 Å². The SMILES string of the molecule is O=C(NS(=O)(=O)c1ccc(N[C@H](CCN2C[C@H]3C[C@@H]2CN3C(=O)OCC(Cl)(Cl)Cl)CSc2ccccc2)c(S(=O)(=O)C(F)(F)F)c1)c1ccc(N2CCN(CC3=C(c4ccc(Cl)cc4)CCC4(CC4)C3)CC2)cc1. The number of benzene rings is 4. The third-order valence-electron chi connectivity index (χ3n) is 14.7. The fourth-order valence-corrected chi connectivity index (χ4v) is 13.8. The van der Waals surface area contributed by atoms with Gasteiger partial charge in [0.25, 0.3) is 25.8 Å². The van der Waals surface area contributed by atoms with Gasteiger partial charge in [-0.3, -0.25) is 14.6 Å². The molecule has 5 aliphatic rings. The van der Waals surface area contributed by atoms with E-state index in [0.717, 1.165) is 68.3 Å². The highest BCUT2D eigenvalue weighted by atomic mass is 35.6. The van der Waals surface area contributed by atoms with E-state index < -0.39 is 69.3 Å². The number of alkyl halides is 6. The molecule has 4 aromatic carbocycles. The molecule has 2 amide bonds. The first kappa shape index (κ1) is 54.9. The Bertz CT molecular complexity index is 2960. The van der Waals surface area contributed by atoms with E-state index in [1.165, 1.54) is 59.9 Å². The van der Waals surface area contributed by atoms with Crippen LogP contribution in [0.5, 0.6) is 0 Å². The normalized spacial score (nSPS) is 20.7. The number of fused-ring (bicyclic) bond motifs is 2. The maximum atomic E-state index is 14.4. The molecule has 2 bridgehead atoms. The Morgan fingerprint density at radius 1 is 0.851 bits per heavy atom. The van der Waals surface area contributed by atoms with Crippen LogP contribution >= 0.6 is 58.2 Å². The van der Waals surface area contributed by atoms with E-state index in [0.29, 0.717) is 49.0 Å². The second-order valence-electron chi connectivity index (χ2n) is 19.7. The molecule has 9 rings (SSSR count). The number of sulfone groups is 1. The van der Waals surface area contributed by atoms with E-state index >= 15 is 0 Å². The minimum atomic E-state index is -6.14. The van der Waals surface area contributed by atoms with Crippen molar-refractivity contribution in [1.29, 1.82) is 0 Å². The lowest BCUT2D eigenvalue weighted by molar-refractivity contribution is -0.0436. The number of carbonyl (C=O) groups is 2. The summed E-state index contributed by atoms with van der Waals surface area (Å²) in [5.74, 6) is -0.769. The molecular formula is C51H55Cl4F3N6O7S3. The number of nitrogens with one attached hydrogen (secondary N) is 2. The van der Waals surface area contributed by atoms with Crippen molar-refractivity contribution in [1.82, 2.24) is 19.4 Å². The number of halogens is 7. The van der Waals surface area contributed by atoms with Crippen LogP contribution in [0.1, 0.15) is 60.9 Å². The molecular weight excluding hydrogens is 1100 g/mol. The van der Waals surface area contributed by atoms with Crippen molar-refractivity contribution in [2.75, 3.05) is 74.9 Å². The highest BCUT2D eigenvalue weighted by Gasteiger charge is 2.50. The van der Waals surface area contributed by atoms with E-state index in [1.807, 2.05) is 47.2 Å². The third-order valence-corrected chi connectivity index (χ3v) is 19.3. The van der Waals surface area contributed by atoms with Gasteiger partial charge in [-0.2, -0.15) is 13.2 Å². The van der Waals surface area contributed by atoms with E-state index in [1.54, 1.807) is 17.0 Å². The van der Waals surface area contributed by atoms with Crippen LogP contribution in [0.3, 0.4) is 0 Å². The van der Waals surface area contributed by atoms with Crippen LogP contribution in [-0.4, -0.2) is 136 Å². The lowest BCUT2D eigenvalue weighted by Gasteiger charge is -2.38. The molecule has 2 N–H and O–H groups in total. The first-order valence-electron chi connectivity index (χ1n) is 24.3. The number of hydrogen-bond acceptors (Lipinski definition) is 12. The van der Waals surface area contributed by atoms with Gasteiger partial charge in [-0.15, -0.1) is 11.8 Å².